The van der Waals surface area contributed by atoms with Gasteiger partial charge in [0.05, 0.1) is 12.2 Å². The summed E-state index contributed by atoms with van der Waals surface area (Å²) in [4.78, 5) is 13.5. The fraction of sp³-hybridized carbons (Fsp3) is 0.737. The van der Waals surface area contributed by atoms with Crippen molar-refractivity contribution in [3.05, 3.63) is 23.3 Å². The lowest BCUT2D eigenvalue weighted by molar-refractivity contribution is -0.132. The third kappa shape index (κ3) is 4.26. The maximum absolute atomic E-state index is 11.0. The van der Waals surface area contributed by atoms with E-state index in [2.05, 4.69) is 17.1 Å². The van der Waals surface area contributed by atoms with Crippen molar-refractivity contribution < 1.29 is 14.6 Å². The maximum atomic E-state index is 11.0. The fourth-order valence-electron chi connectivity index (χ4n) is 4.07. The molecule has 134 valence electrons. The first kappa shape index (κ1) is 17.6. The molecule has 5 heteroatoms. The lowest BCUT2D eigenvalue weighted by Crippen LogP contribution is -2.45. The van der Waals surface area contributed by atoms with Crippen molar-refractivity contribution in [2.45, 2.75) is 57.1 Å². The zero-order valence-corrected chi connectivity index (χ0v) is 14.7. The number of rotatable bonds is 6. The van der Waals surface area contributed by atoms with Crippen LogP contribution in [0.15, 0.2) is 23.3 Å². The number of carboxylic acids is 1. The van der Waals surface area contributed by atoms with Gasteiger partial charge in [-0.2, -0.15) is 0 Å². The van der Waals surface area contributed by atoms with Crippen LogP contribution in [0.4, 0.5) is 0 Å². The molecule has 1 unspecified atom stereocenters. The van der Waals surface area contributed by atoms with Crippen molar-refractivity contribution in [1.29, 1.82) is 0 Å². The zero-order valence-electron chi connectivity index (χ0n) is 14.7. The number of carboxylic acid groups (broad SMARTS) is 1. The highest BCUT2D eigenvalue weighted by Crippen LogP contribution is 2.36. The number of likely N-dealkylation sites (tertiary alicyclic amines) is 1. The number of nitrogens with zero attached hydrogens (tertiary/aromatic N) is 1. The number of allylic oxidation sites excluding steroid dienone is 2. The normalized spacial score (nSPS) is 27.1. The number of aliphatic carboxylic acids is 1. The Morgan fingerprint density at radius 1 is 1.38 bits per heavy atom. The van der Waals surface area contributed by atoms with Gasteiger partial charge in [-0.15, -0.1) is 0 Å². The lowest BCUT2D eigenvalue weighted by Gasteiger charge is -2.39. The van der Waals surface area contributed by atoms with Crippen LogP contribution < -0.4 is 5.32 Å². The average molecular weight is 334 g/mol. The minimum atomic E-state index is -0.783. The molecule has 0 saturated carbocycles. The summed E-state index contributed by atoms with van der Waals surface area (Å²) >= 11 is 0. The quantitative estimate of drug-likeness (QED) is 0.781. The Morgan fingerprint density at radius 2 is 2.17 bits per heavy atom. The smallest absolute Gasteiger partial charge is 0.331 e. The summed E-state index contributed by atoms with van der Waals surface area (Å²) in [6, 6.07) is 0.525. The van der Waals surface area contributed by atoms with Crippen LogP contribution in [-0.2, 0) is 9.53 Å². The number of piperidine rings is 1. The van der Waals surface area contributed by atoms with Crippen LogP contribution in [0.5, 0.6) is 0 Å². The molecule has 2 fully saturated rings. The second-order valence-electron chi connectivity index (χ2n) is 7.45. The number of hydrogen-bond donors (Lipinski definition) is 2. The van der Waals surface area contributed by atoms with Gasteiger partial charge in [-0.1, -0.05) is 24.6 Å². The highest BCUT2D eigenvalue weighted by atomic mass is 16.5. The highest BCUT2D eigenvalue weighted by Gasteiger charge is 2.42. The van der Waals surface area contributed by atoms with Gasteiger partial charge in [0.25, 0.3) is 0 Å². The summed E-state index contributed by atoms with van der Waals surface area (Å²) < 4.78 is 6.19. The van der Waals surface area contributed by atoms with E-state index in [1.807, 2.05) is 6.08 Å². The van der Waals surface area contributed by atoms with Crippen molar-refractivity contribution in [3.8, 4) is 0 Å². The van der Waals surface area contributed by atoms with Gasteiger partial charge in [0.1, 0.15) is 0 Å². The van der Waals surface area contributed by atoms with E-state index >= 15 is 0 Å². The van der Waals surface area contributed by atoms with Crippen molar-refractivity contribution in [1.82, 2.24) is 10.2 Å². The molecule has 0 bridgehead atoms. The minimum absolute atomic E-state index is 0.0965. The summed E-state index contributed by atoms with van der Waals surface area (Å²) in [5.74, 6) is -0.783. The Kier molecular flexibility index (Phi) is 5.74. The zero-order chi connectivity index (χ0) is 17.0. The first-order chi connectivity index (χ1) is 11.6. The molecular formula is C19H30N2O3. The summed E-state index contributed by atoms with van der Waals surface area (Å²) in [5.41, 5.74) is 1.98. The Balaban J connectivity index is 1.45. The van der Waals surface area contributed by atoms with Gasteiger partial charge in [0.2, 0.25) is 0 Å². The van der Waals surface area contributed by atoms with E-state index in [9.17, 15) is 4.79 Å². The molecular weight excluding hydrogens is 304 g/mol. The molecule has 3 rings (SSSR count). The molecule has 0 amide bonds. The molecule has 1 aliphatic carbocycles. The average Bonchev–Trinajstić information content (AvgIpc) is 2.99. The molecule has 0 radical (unpaired) electrons. The van der Waals surface area contributed by atoms with Gasteiger partial charge in [-0.3, -0.25) is 4.90 Å². The lowest BCUT2D eigenvalue weighted by atomic mass is 9.87. The van der Waals surface area contributed by atoms with E-state index in [4.69, 9.17) is 9.84 Å². The van der Waals surface area contributed by atoms with Gasteiger partial charge in [0, 0.05) is 31.2 Å². The Hall–Kier alpha value is -1.17. The summed E-state index contributed by atoms with van der Waals surface area (Å²) in [7, 11) is 0. The van der Waals surface area contributed by atoms with Crippen LogP contribution in [0.2, 0.25) is 0 Å². The van der Waals surface area contributed by atoms with E-state index in [0.29, 0.717) is 18.0 Å². The van der Waals surface area contributed by atoms with E-state index < -0.39 is 5.97 Å². The fourth-order valence-corrected chi connectivity index (χ4v) is 4.07. The van der Waals surface area contributed by atoms with Crippen LogP contribution in [0.3, 0.4) is 0 Å². The van der Waals surface area contributed by atoms with Crippen LogP contribution in [0.1, 0.15) is 45.4 Å². The summed E-state index contributed by atoms with van der Waals surface area (Å²) in [5, 5.41) is 12.6. The monoisotopic (exact) mass is 334 g/mol. The predicted molar refractivity (Wildman–Crippen MR) is 94.1 cm³/mol. The Bertz CT molecular complexity index is 519. The molecule has 2 heterocycles. The molecule has 1 spiro atoms. The van der Waals surface area contributed by atoms with E-state index in [1.165, 1.54) is 12.0 Å². The first-order valence-corrected chi connectivity index (χ1v) is 9.32. The van der Waals surface area contributed by atoms with Crippen molar-refractivity contribution in [3.63, 3.8) is 0 Å². The second-order valence-corrected chi connectivity index (χ2v) is 7.45. The molecule has 0 aromatic rings. The molecule has 0 aromatic carbocycles. The molecule has 5 nitrogen and oxygen atoms in total. The molecule has 3 aliphatic rings. The maximum Gasteiger partial charge on any atom is 0.331 e. The van der Waals surface area contributed by atoms with Crippen LogP contribution in [0, 0.1) is 0 Å². The van der Waals surface area contributed by atoms with Crippen molar-refractivity contribution >= 4 is 5.97 Å². The van der Waals surface area contributed by atoms with E-state index in [1.54, 1.807) is 6.08 Å². The number of carbonyl (C=O) groups is 1. The summed E-state index contributed by atoms with van der Waals surface area (Å²) in [6.45, 7) is 7.26. The molecule has 2 N–H and O–H groups in total. The van der Waals surface area contributed by atoms with Gasteiger partial charge in [-0.25, -0.2) is 4.79 Å². The molecule has 1 atom stereocenters. The van der Waals surface area contributed by atoms with Crippen molar-refractivity contribution in [2.24, 2.45) is 0 Å². The Labute approximate surface area is 144 Å². The highest BCUT2D eigenvalue weighted by molar-refractivity contribution is 5.87. The van der Waals surface area contributed by atoms with Gasteiger partial charge >= 0.3 is 5.97 Å². The summed E-state index contributed by atoms with van der Waals surface area (Å²) in [6.07, 6.45) is 9.86. The van der Waals surface area contributed by atoms with Crippen LogP contribution in [-0.4, -0.2) is 60.4 Å². The van der Waals surface area contributed by atoms with Gasteiger partial charge in [0.15, 0.2) is 0 Å². The predicted octanol–water partition coefficient (Wildman–Crippen LogP) is 2.34. The first-order valence-electron chi connectivity index (χ1n) is 9.32. The van der Waals surface area contributed by atoms with Crippen LogP contribution >= 0.6 is 0 Å². The van der Waals surface area contributed by atoms with Gasteiger partial charge in [-0.05, 0) is 45.1 Å². The van der Waals surface area contributed by atoms with Crippen LogP contribution in [0.25, 0.3) is 0 Å². The van der Waals surface area contributed by atoms with E-state index in [0.717, 1.165) is 58.5 Å². The SMILES string of the molecule is CCCNC1COC2(CCN(CC3=CC=C(C(=O)O)CC3)CC2)C1. The minimum Gasteiger partial charge on any atom is -0.478 e. The topological polar surface area (TPSA) is 61.8 Å². The number of ether oxygens (including phenoxy) is 1. The second kappa shape index (κ2) is 7.81. The largest absolute Gasteiger partial charge is 0.478 e. The molecule has 24 heavy (non-hydrogen) atoms. The Morgan fingerprint density at radius 3 is 2.79 bits per heavy atom. The van der Waals surface area contributed by atoms with E-state index in [-0.39, 0.29) is 5.60 Å². The molecule has 0 aromatic heterocycles. The van der Waals surface area contributed by atoms with Crippen molar-refractivity contribution in [2.75, 3.05) is 32.8 Å². The molecule has 2 saturated heterocycles. The standard InChI is InChI=1S/C19H30N2O3/c1-2-9-20-17-12-19(24-14-17)7-10-21(11-8-19)13-15-3-5-16(6-4-15)18(22)23/h3,5,17,20H,2,4,6-14H2,1H3,(H,22,23). The third-order valence-corrected chi connectivity index (χ3v) is 5.60. The third-order valence-electron chi connectivity index (χ3n) is 5.60. The molecule has 2 aliphatic heterocycles. The number of nitrogens with one attached hydrogen (secondary N) is 1. The number of hydrogen-bond acceptors (Lipinski definition) is 4. The van der Waals surface area contributed by atoms with Gasteiger partial charge < -0.3 is 15.2 Å².